The van der Waals surface area contributed by atoms with Gasteiger partial charge < -0.3 is 10.1 Å². The van der Waals surface area contributed by atoms with E-state index in [1.165, 1.54) is 12.8 Å². The van der Waals surface area contributed by atoms with Crippen molar-refractivity contribution in [1.29, 1.82) is 0 Å². The number of allylic oxidation sites excluding steroid dienone is 1. The van der Waals surface area contributed by atoms with Crippen molar-refractivity contribution in [3.05, 3.63) is 60.4 Å². The molecule has 0 saturated carbocycles. The predicted molar refractivity (Wildman–Crippen MR) is 85.4 cm³/mol. The lowest BCUT2D eigenvalue weighted by molar-refractivity contribution is 0.438. The molecule has 108 valence electrons. The first-order valence-corrected chi connectivity index (χ1v) is 7.47. The van der Waals surface area contributed by atoms with Crippen molar-refractivity contribution in [2.45, 2.75) is 12.8 Å². The minimum Gasteiger partial charge on any atom is -0.456 e. The SMILES string of the molecule is C(=CC1CCNCC1)c1cncc(Oc2ccccc2)c1. The lowest BCUT2D eigenvalue weighted by Crippen LogP contribution is -2.26. The predicted octanol–water partition coefficient (Wildman–Crippen LogP) is 3.89. The second-order valence-corrected chi connectivity index (χ2v) is 5.32. The molecule has 2 aromatic rings. The molecule has 0 bridgehead atoms. The number of hydrogen-bond acceptors (Lipinski definition) is 3. The highest BCUT2D eigenvalue weighted by Gasteiger charge is 2.09. The lowest BCUT2D eigenvalue weighted by Gasteiger charge is -2.19. The Morgan fingerprint density at radius 2 is 1.86 bits per heavy atom. The van der Waals surface area contributed by atoms with Crippen LogP contribution in [-0.2, 0) is 0 Å². The summed E-state index contributed by atoms with van der Waals surface area (Å²) in [6.45, 7) is 2.23. The standard InChI is InChI=1S/C18H20N2O/c1-2-4-17(5-3-1)21-18-12-16(13-20-14-18)7-6-15-8-10-19-11-9-15/h1-7,12-15,19H,8-11H2. The molecule has 0 unspecified atom stereocenters. The summed E-state index contributed by atoms with van der Waals surface area (Å²) in [6, 6.07) is 11.8. The summed E-state index contributed by atoms with van der Waals surface area (Å²) in [5.74, 6) is 2.28. The Kier molecular flexibility index (Phi) is 4.64. The number of hydrogen-bond donors (Lipinski definition) is 1. The van der Waals surface area contributed by atoms with Gasteiger partial charge in [0.05, 0.1) is 6.20 Å². The van der Waals surface area contributed by atoms with Gasteiger partial charge >= 0.3 is 0 Å². The monoisotopic (exact) mass is 280 g/mol. The van der Waals surface area contributed by atoms with Gasteiger partial charge in [0.15, 0.2) is 0 Å². The third kappa shape index (κ3) is 4.17. The highest BCUT2D eigenvalue weighted by molar-refractivity contribution is 5.50. The molecule has 1 aliphatic heterocycles. The largest absolute Gasteiger partial charge is 0.456 e. The number of aromatic nitrogens is 1. The highest BCUT2D eigenvalue weighted by atomic mass is 16.5. The van der Waals surface area contributed by atoms with Crippen LogP contribution in [0, 0.1) is 5.92 Å². The van der Waals surface area contributed by atoms with E-state index in [1.54, 1.807) is 6.20 Å². The van der Waals surface area contributed by atoms with Crippen molar-refractivity contribution in [2.75, 3.05) is 13.1 Å². The van der Waals surface area contributed by atoms with Crippen LogP contribution in [0.3, 0.4) is 0 Å². The van der Waals surface area contributed by atoms with Crippen LogP contribution in [0.1, 0.15) is 18.4 Å². The molecule has 0 amide bonds. The van der Waals surface area contributed by atoms with Crippen molar-refractivity contribution >= 4 is 6.08 Å². The molecule has 1 aliphatic rings. The summed E-state index contributed by atoms with van der Waals surface area (Å²) in [6.07, 6.45) is 10.5. The Balaban J connectivity index is 1.66. The zero-order valence-electron chi connectivity index (χ0n) is 12.0. The van der Waals surface area contributed by atoms with Gasteiger partial charge in [0.1, 0.15) is 11.5 Å². The second-order valence-electron chi connectivity index (χ2n) is 5.32. The highest BCUT2D eigenvalue weighted by Crippen LogP contribution is 2.22. The summed E-state index contributed by atoms with van der Waals surface area (Å²) < 4.78 is 5.80. The van der Waals surface area contributed by atoms with Gasteiger partial charge in [-0.2, -0.15) is 0 Å². The summed E-state index contributed by atoms with van der Waals surface area (Å²) in [7, 11) is 0. The molecule has 3 nitrogen and oxygen atoms in total. The first-order valence-electron chi connectivity index (χ1n) is 7.47. The van der Waals surface area contributed by atoms with Gasteiger partial charge in [-0.1, -0.05) is 30.4 Å². The molecular weight excluding hydrogens is 260 g/mol. The average molecular weight is 280 g/mol. The molecule has 1 aromatic heterocycles. The summed E-state index contributed by atoms with van der Waals surface area (Å²) in [5.41, 5.74) is 1.09. The van der Waals surface area contributed by atoms with Crippen molar-refractivity contribution in [2.24, 2.45) is 5.92 Å². The van der Waals surface area contributed by atoms with E-state index in [0.717, 1.165) is 30.2 Å². The van der Waals surface area contributed by atoms with Crippen molar-refractivity contribution in [3.8, 4) is 11.5 Å². The molecule has 1 aromatic carbocycles. The molecule has 1 fully saturated rings. The van der Waals surface area contributed by atoms with Gasteiger partial charge in [-0.3, -0.25) is 4.98 Å². The van der Waals surface area contributed by atoms with E-state index in [-0.39, 0.29) is 0 Å². The summed E-state index contributed by atoms with van der Waals surface area (Å²) in [4.78, 5) is 4.26. The molecule has 2 heterocycles. The average Bonchev–Trinajstić information content (AvgIpc) is 2.55. The zero-order chi connectivity index (χ0) is 14.3. The number of piperidine rings is 1. The molecule has 0 atom stereocenters. The first-order chi connectivity index (χ1) is 10.4. The Hall–Kier alpha value is -2.13. The molecular formula is C18H20N2O. The van der Waals surface area contributed by atoms with Crippen LogP contribution in [0.25, 0.3) is 6.08 Å². The van der Waals surface area contributed by atoms with E-state index in [1.807, 2.05) is 42.6 Å². The maximum Gasteiger partial charge on any atom is 0.146 e. The van der Waals surface area contributed by atoms with Crippen LogP contribution >= 0.6 is 0 Å². The number of ether oxygens (including phenoxy) is 1. The fraction of sp³-hybridized carbons (Fsp3) is 0.278. The number of benzene rings is 1. The van der Waals surface area contributed by atoms with E-state index < -0.39 is 0 Å². The second kappa shape index (κ2) is 7.04. The van der Waals surface area contributed by atoms with E-state index in [0.29, 0.717) is 5.92 Å². The number of pyridine rings is 1. The smallest absolute Gasteiger partial charge is 0.146 e. The number of nitrogens with zero attached hydrogens (tertiary/aromatic N) is 1. The Bertz CT molecular complexity index is 589. The Morgan fingerprint density at radius 1 is 1.05 bits per heavy atom. The van der Waals surface area contributed by atoms with Crippen molar-refractivity contribution < 1.29 is 4.74 Å². The molecule has 1 saturated heterocycles. The van der Waals surface area contributed by atoms with Gasteiger partial charge in [-0.15, -0.1) is 0 Å². The number of nitrogens with one attached hydrogen (secondary N) is 1. The van der Waals surface area contributed by atoms with E-state index >= 15 is 0 Å². The van der Waals surface area contributed by atoms with Crippen LogP contribution in [0.5, 0.6) is 11.5 Å². The molecule has 21 heavy (non-hydrogen) atoms. The lowest BCUT2D eigenvalue weighted by atomic mass is 9.97. The molecule has 1 N–H and O–H groups in total. The normalized spacial score (nSPS) is 16.2. The van der Waals surface area contributed by atoms with Crippen LogP contribution in [0.15, 0.2) is 54.9 Å². The van der Waals surface area contributed by atoms with Gasteiger partial charge in [-0.05, 0) is 55.6 Å². The quantitative estimate of drug-likeness (QED) is 0.922. The summed E-state index contributed by atoms with van der Waals surface area (Å²) in [5, 5.41) is 3.38. The molecule has 3 rings (SSSR count). The Morgan fingerprint density at radius 3 is 2.67 bits per heavy atom. The Labute approximate surface area is 125 Å². The minimum atomic E-state index is 0.671. The van der Waals surface area contributed by atoms with Crippen LogP contribution in [0.2, 0.25) is 0 Å². The van der Waals surface area contributed by atoms with E-state index in [4.69, 9.17) is 4.74 Å². The van der Waals surface area contributed by atoms with Crippen LogP contribution in [-0.4, -0.2) is 18.1 Å². The molecule has 0 spiro atoms. The first kappa shape index (κ1) is 13.8. The molecule has 0 radical (unpaired) electrons. The zero-order valence-corrected chi connectivity index (χ0v) is 12.0. The molecule has 0 aliphatic carbocycles. The maximum absolute atomic E-state index is 5.80. The van der Waals surface area contributed by atoms with E-state index in [9.17, 15) is 0 Å². The maximum atomic E-state index is 5.80. The van der Waals surface area contributed by atoms with Gasteiger partial charge in [0, 0.05) is 6.20 Å². The van der Waals surface area contributed by atoms with Gasteiger partial charge in [-0.25, -0.2) is 0 Å². The summed E-state index contributed by atoms with van der Waals surface area (Å²) >= 11 is 0. The number of para-hydroxylation sites is 1. The minimum absolute atomic E-state index is 0.671. The van der Waals surface area contributed by atoms with Gasteiger partial charge in [0.25, 0.3) is 0 Å². The van der Waals surface area contributed by atoms with Crippen LogP contribution in [0.4, 0.5) is 0 Å². The topological polar surface area (TPSA) is 34.2 Å². The van der Waals surface area contributed by atoms with Gasteiger partial charge in [0.2, 0.25) is 0 Å². The fourth-order valence-corrected chi connectivity index (χ4v) is 2.49. The third-order valence-electron chi connectivity index (χ3n) is 3.66. The fourth-order valence-electron chi connectivity index (χ4n) is 2.49. The molecule has 3 heteroatoms. The van der Waals surface area contributed by atoms with E-state index in [2.05, 4.69) is 22.5 Å². The van der Waals surface area contributed by atoms with Crippen LogP contribution < -0.4 is 10.1 Å². The van der Waals surface area contributed by atoms with Crippen molar-refractivity contribution in [1.82, 2.24) is 10.3 Å². The van der Waals surface area contributed by atoms with Crippen molar-refractivity contribution in [3.63, 3.8) is 0 Å². The number of rotatable bonds is 4. The third-order valence-corrected chi connectivity index (χ3v) is 3.66.